The first-order valence-corrected chi connectivity index (χ1v) is 6.96. The highest BCUT2D eigenvalue weighted by Crippen LogP contribution is 2.14. The first-order valence-electron chi connectivity index (χ1n) is 5.48. The first kappa shape index (κ1) is 14.1. The van der Waals surface area contributed by atoms with E-state index in [0.29, 0.717) is 12.2 Å². The molecule has 0 amide bonds. The van der Waals surface area contributed by atoms with Crippen molar-refractivity contribution in [1.82, 2.24) is 14.3 Å². The Balaban J connectivity index is 3.04. The molecule has 6 nitrogen and oxygen atoms in total. The average molecular weight is 260 g/mol. The Morgan fingerprint density at radius 3 is 2.53 bits per heavy atom. The summed E-state index contributed by atoms with van der Waals surface area (Å²) in [4.78, 5) is 4.01. The molecule has 0 aliphatic carbocycles. The molecule has 0 spiro atoms. The van der Waals surface area contributed by atoms with Gasteiger partial charge in [0.2, 0.25) is 0 Å². The van der Waals surface area contributed by atoms with Gasteiger partial charge in [0, 0.05) is 25.3 Å². The number of sulfonamides is 1. The summed E-state index contributed by atoms with van der Waals surface area (Å²) < 4.78 is 28.4. The minimum absolute atomic E-state index is 0.0330. The van der Waals surface area contributed by atoms with Crippen LogP contribution in [-0.4, -0.2) is 30.1 Å². The summed E-state index contributed by atoms with van der Waals surface area (Å²) in [7, 11) is -1.85. The van der Waals surface area contributed by atoms with Crippen LogP contribution in [0, 0.1) is 6.92 Å². The third-order valence-corrected chi connectivity index (χ3v) is 4.48. The lowest BCUT2D eigenvalue weighted by Crippen LogP contribution is -2.50. The van der Waals surface area contributed by atoms with E-state index in [1.807, 2.05) is 6.92 Å². The third kappa shape index (κ3) is 3.05. The Hall–Kier alpha value is -0.920. The van der Waals surface area contributed by atoms with Crippen LogP contribution in [0.1, 0.15) is 26.1 Å². The van der Waals surface area contributed by atoms with Gasteiger partial charge in [0.1, 0.15) is 5.82 Å². The van der Waals surface area contributed by atoms with Gasteiger partial charge in [-0.2, -0.15) is 0 Å². The molecular weight excluding hydrogens is 240 g/mol. The summed E-state index contributed by atoms with van der Waals surface area (Å²) >= 11 is 0. The molecular formula is C10H20N4O2S. The minimum Gasteiger partial charge on any atom is -0.337 e. The van der Waals surface area contributed by atoms with Crippen molar-refractivity contribution in [3.63, 3.8) is 0 Å². The van der Waals surface area contributed by atoms with Gasteiger partial charge in [-0.3, -0.25) is 0 Å². The number of hydrogen-bond donors (Lipinski definition) is 2. The number of hydrogen-bond acceptors (Lipinski definition) is 4. The molecule has 0 radical (unpaired) electrons. The lowest BCUT2D eigenvalue weighted by Gasteiger charge is -2.26. The molecule has 1 heterocycles. The van der Waals surface area contributed by atoms with E-state index >= 15 is 0 Å². The van der Waals surface area contributed by atoms with Crippen molar-refractivity contribution in [3.8, 4) is 0 Å². The zero-order valence-corrected chi connectivity index (χ0v) is 11.5. The van der Waals surface area contributed by atoms with E-state index in [1.165, 1.54) is 6.20 Å². The topological polar surface area (TPSA) is 90.0 Å². The summed E-state index contributed by atoms with van der Waals surface area (Å²) in [6, 6.07) is 0. The Morgan fingerprint density at radius 2 is 2.18 bits per heavy atom. The van der Waals surface area contributed by atoms with E-state index in [9.17, 15) is 8.42 Å². The Bertz CT molecular complexity index is 469. The van der Waals surface area contributed by atoms with Crippen LogP contribution in [-0.2, 0) is 17.1 Å². The Morgan fingerprint density at radius 1 is 1.59 bits per heavy atom. The van der Waals surface area contributed by atoms with E-state index in [2.05, 4.69) is 9.71 Å². The van der Waals surface area contributed by atoms with E-state index in [4.69, 9.17) is 5.73 Å². The molecule has 1 atom stereocenters. The van der Waals surface area contributed by atoms with E-state index in [0.717, 1.165) is 0 Å². The maximum absolute atomic E-state index is 12.1. The molecule has 7 heteroatoms. The van der Waals surface area contributed by atoms with Gasteiger partial charge >= 0.3 is 0 Å². The number of imidazole rings is 1. The number of aryl methyl sites for hydroxylation is 2. The predicted octanol–water partition coefficient (Wildman–Crippen LogP) is 0.134. The summed E-state index contributed by atoms with van der Waals surface area (Å²) in [6.07, 6.45) is 2.11. The van der Waals surface area contributed by atoms with Gasteiger partial charge in [0.05, 0.1) is 0 Å². The molecule has 0 aliphatic heterocycles. The molecule has 0 aromatic carbocycles. The first-order chi connectivity index (χ1) is 7.74. The molecule has 0 saturated heterocycles. The lowest BCUT2D eigenvalue weighted by atomic mass is 10.0. The van der Waals surface area contributed by atoms with E-state index in [1.54, 1.807) is 25.5 Å². The number of nitrogens with one attached hydrogen (secondary N) is 1. The van der Waals surface area contributed by atoms with Crippen LogP contribution in [0.15, 0.2) is 11.2 Å². The molecule has 1 aromatic rings. The number of nitrogens with two attached hydrogens (primary N) is 1. The fraction of sp³-hybridized carbons (Fsp3) is 0.700. The fourth-order valence-electron chi connectivity index (χ4n) is 1.29. The van der Waals surface area contributed by atoms with E-state index < -0.39 is 15.6 Å². The molecule has 98 valence electrons. The fourth-order valence-corrected chi connectivity index (χ4v) is 2.82. The van der Waals surface area contributed by atoms with Crippen molar-refractivity contribution >= 4 is 10.0 Å². The second kappa shape index (κ2) is 4.75. The SMILES string of the molecule is CCC(C)(CN)NS(=O)(=O)c1cn(C)c(C)n1. The van der Waals surface area contributed by atoms with Gasteiger partial charge < -0.3 is 10.3 Å². The van der Waals surface area contributed by atoms with Gasteiger partial charge in [-0.25, -0.2) is 18.1 Å². The minimum atomic E-state index is -3.61. The molecule has 1 unspecified atom stereocenters. The quantitative estimate of drug-likeness (QED) is 0.787. The van der Waals surface area contributed by atoms with Crippen molar-refractivity contribution in [2.75, 3.05) is 6.54 Å². The molecule has 0 saturated carbocycles. The van der Waals surface area contributed by atoms with Crippen LogP contribution in [0.4, 0.5) is 0 Å². The third-order valence-electron chi connectivity index (χ3n) is 2.97. The normalized spacial score (nSPS) is 15.8. The Labute approximate surface area is 102 Å². The lowest BCUT2D eigenvalue weighted by molar-refractivity contribution is 0.410. The summed E-state index contributed by atoms with van der Waals surface area (Å²) in [5.74, 6) is 0.649. The van der Waals surface area contributed by atoms with Crippen LogP contribution < -0.4 is 10.5 Å². The van der Waals surface area contributed by atoms with Crippen LogP contribution in [0.2, 0.25) is 0 Å². The van der Waals surface area contributed by atoms with Crippen molar-refractivity contribution in [1.29, 1.82) is 0 Å². The molecule has 1 aromatic heterocycles. The predicted molar refractivity (Wildman–Crippen MR) is 66.0 cm³/mol. The van der Waals surface area contributed by atoms with Crippen molar-refractivity contribution in [2.24, 2.45) is 12.8 Å². The summed E-state index contributed by atoms with van der Waals surface area (Å²) in [5, 5.41) is 0.0330. The van der Waals surface area contributed by atoms with Crippen LogP contribution in [0.5, 0.6) is 0 Å². The average Bonchev–Trinajstić information content (AvgIpc) is 2.59. The second-order valence-corrected chi connectivity index (χ2v) is 6.09. The number of rotatable bonds is 5. The highest BCUT2D eigenvalue weighted by molar-refractivity contribution is 7.89. The van der Waals surface area contributed by atoms with Crippen LogP contribution in [0.3, 0.4) is 0 Å². The molecule has 3 N–H and O–H groups in total. The Kier molecular flexibility index (Phi) is 3.95. The number of nitrogens with zero attached hydrogens (tertiary/aromatic N) is 2. The maximum Gasteiger partial charge on any atom is 0.260 e. The smallest absolute Gasteiger partial charge is 0.260 e. The second-order valence-electron chi connectivity index (χ2n) is 4.46. The largest absolute Gasteiger partial charge is 0.337 e. The molecule has 0 aliphatic rings. The van der Waals surface area contributed by atoms with Gasteiger partial charge in [-0.15, -0.1) is 0 Å². The molecule has 17 heavy (non-hydrogen) atoms. The highest BCUT2D eigenvalue weighted by atomic mass is 32.2. The van der Waals surface area contributed by atoms with Gasteiger partial charge in [0.15, 0.2) is 5.03 Å². The number of aromatic nitrogens is 2. The van der Waals surface area contributed by atoms with Gasteiger partial charge in [-0.1, -0.05) is 6.92 Å². The summed E-state index contributed by atoms with van der Waals surface area (Å²) in [5.41, 5.74) is 4.95. The van der Waals surface area contributed by atoms with Gasteiger partial charge in [0.25, 0.3) is 10.0 Å². The van der Waals surface area contributed by atoms with Crippen molar-refractivity contribution < 1.29 is 8.42 Å². The zero-order chi connectivity index (χ0) is 13.3. The molecule has 1 rings (SSSR count). The van der Waals surface area contributed by atoms with E-state index in [-0.39, 0.29) is 11.6 Å². The van der Waals surface area contributed by atoms with Crippen LogP contribution >= 0.6 is 0 Å². The van der Waals surface area contributed by atoms with Gasteiger partial charge in [-0.05, 0) is 20.3 Å². The standard InChI is InChI=1S/C10H20N4O2S/c1-5-10(3,7-11)13-17(15,16)9-6-14(4)8(2)12-9/h6,13H,5,7,11H2,1-4H3. The van der Waals surface area contributed by atoms with Crippen molar-refractivity contribution in [2.45, 2.75) is 37.8 Å². The van der Waals surface area contributed by atoms with Crippen LogP contribution in [0.25, 0.3) is 0 Å². The molecule has 0 bridgehead atoms. The highest BCUT2D eigenvalue weighted by Gasteiger charge is 2.29. The monoisotopic (exact) mass is 260 g/mol. The molecule has 0 fully saturated rings. The summed E-state index contributed by atoms with van der Waals surface area (Å²) in [6.45, 7) is 5.66. The zero-order valence-electron chi connectivity index (χ0n) is 10.7. The van der Waals surface area contributed by atoms with Crippen molar-refractivity contribution in [3.05, 3.63) is 12.0 Å². The maximum atomic E-state index is 12.1.